The molecule has 1 aromatic carbocycles. The summed E-state index contributed by atoms with van der Waals surface area (Å²) in [5.41, 5.74) is 1.63. The first-order valence-electron chi connectivity index (χ1n) is 7.16. The third-order valence-corrected chi connectivity index (χ3v) is 3.88. The van der Waals surface area contributed by atoms with Crippen LogP contribution in [0.2, 0.25) is 0 Å². The summed E-state index contributed by atoms with van der Waals surface area (Å²) in [6, 6.07) is 9.51. The van der Waals surface area contributed by atoms with Crippen molar-refractivity contribution >= 4 is 16.8 Å². The number of aromatic nitrogens is 1. The Morgan fingerprint density at radius 1 is 1.30 bits per heavy atom. The van der Waals surface area contributed by atoms with Crippen LogP contribution in [0.15, 0.2) is 36.5 Å². The van der Waals surface area contributed by atoms with E-state index in [4.69, 9.17) is 0 Å². The van der Waals surface area contributed by atoms with Gasteiger partial charge in [0.1, 0.15) is 0 Å². The Morgan fingerprint density at radius 3 is 3.00 bits per heavy atom. The molecule has 1 aliphatic rings. The van der Waals surface area contributed by atoms with Gasteiger partial charge < -0.3 is 10.6 Å². The van der Waals surface area contributed by atoms with Crippen molar-refractivity contribution in [3.63, 3.8) is 0 Å². The lowest BCUT2D eigenvalue weighted by molar-refractivity contribution is 0.0944. The number of amides is 1. The quantitative estimate of drug-likeness (QED) is 0.895. The zero-order chi connectivity index (χ0) is 13.8. The van der Waals surface area contributed by atoms with Gasteiger partial charge in [0, 0.05) is 23.7 Å². The highest BCUT2D eigenvalue weighted by atomic mass is 16.1. The Bertz CT molecular complexity index is 605. The Kier molecular flexibility index (Phi) is 3.92. The second-order valence-corrected chi connectivity index (χ2v) is 5.31. The van der Waals surface area contributed by atoms with Crippen molar-refractivity contribution in [1.82, 2.24) is 15.6 Å². The first kappa shape index (κ1) is 13.1. The summed E-state index contributed by atoms with van der Waals surface area (Å²) in [6.45, 7) is 2.88. The molecule has 0 saturated carbocycles. The number of hydrogen-bond acceptors (Lipinski definition) is 3. The number of carbonyl (C=O) groups is 1. The highest BCUT2D eigenvalue weighted by molar-refractivity contribution is 5.97. The summed E-state index contributed by atoms with van der Waals surface area (Å²) >= 11 is 0. The standard InChI is InChI=1S/C16H19N3O/c20-16(19-11-12-5-8-17-9-6-12)14-3-4-15-13(10-14)2-1-7-18-15/h1-4,7,10,12,17H,5-6,8-9,11H2,(H,19,20). The average Bonchev–Trinajstić information content (AvgIpc) is 2.53. The normalized spacial score (nSPS) is 16.2. The second-order valence-electron chi connectivity index (χ2n) is 5.31. The zero-order valence-electron chi connectivity index (χ0n) is 11.4. The Labute approximate surface area is 118 Å². The molecule has 0 unspecified atom stereocenters. The molecule has 1 amide bonds. The molecule has 4 nitrogen and oxygen atoms in total. The summed E-state index contributed by atoms with van der Waals surface area (Å²) in [6.07, 6.45) is 4.04. The van der Waals surface area contributed by atoms with Crippen molar-refractivity contribution in [1.29, 1.82) is 0 Å². The minimum atomic E-state index is 0.00860. The number of nitrogens with zero attached hydrogens (tertiary/aromatic N) is 1. The van der Waals surface area contributed by atoms with Gasteiger partial charge in [0.15, 0.2) is 0 Å². The van der Waals surface area contributed by atoms with E-state index in [9.17, 15) is 4.79 Å². The minimum absolute atomic E-state index is 0.00860. The van der Waals surface area contributed by atoms with Crippen LogP contribution >= 0.6 is 0 Å². The van der Waals surface area contributed by atoms with Gasteiger partial charge in [-0.05, 0) is 56.1 Å². The molecule has 2 N–H and O–H groups in total. The summed E-state index contributed by atoms with van der Waals surface area (Å²) < 4.78 is 0. The van der Waals surface area contributed by atoms with E-state index in [0.29, 0.717) is 11.5 Å². The minimum Gasteiger partial charge on any atom is -0.352 e. The van der Waals surface area contributed by atoms with E-state index in [1.165, 1.54) is 0 Å². The third-order valence-electron chi connectivity index (χ3n) is 3.88. The number of piperidine rings is 1. The largest absolute Gasteiger partial charge is 0.352 e. The lowest BCUT2D eigenvalue weighted by Crippen LogP contribution is -2.35. The molecule has 1 aliphatic heterocycles. The molecule has 20 heavy (non-hydrogen) atoms. The maximum atomic E-state index is 12.2. The van der Waals surface area contributed by atoms with Crippen LogP contribution in [0, 0.1) is 5.92 Å². The molecule has 4 heteroatoms. The first-order chi connectivity index (χ1) is 9.83. The van der Waals surface area contributed by atoms with Crippen molar-refractivity contribution in [3.8, 4) is 0 Å². The second kappa shape index (κ2) is 6.01. The lowest BCUT2D eigenvalue weighted by Gasteiger charge is -2.22. The van der Waals surface area contributed by atoms with Crippen LogP contribution in [0.1, 0.15) is 23.2 Å². The highest BCUT2D eigenvalue weighted by Crippen LogP contribution is 2.14. The molecule has 1 aromatic heterocycles. The van der Waals surface area contributed by atoms with E-state index < -0.39 is 0 Å². The van der Waals surface area contributed by atoms with Gasteiger partial charge >= 0.3 is 0 Å². The fourth-order valence-corrected chi connectivity index (χ4v) is 2.64. The van der Waals surface area contributed by atoms with Crippen LogP contribution in [0.3, 0.4) is 0 Å². The van der Waals surface area contributed by atoms with Gasteiger partial charge in [0.25, 0.3) is 5.91 Å². The predicted octanol–water partition coefficient (Wildman–Crippen LogP) is 1.96. The molecular weight excluding hydrogens is 250 g/mol. The maximum absolute atomic E-state index is 12.2. The molecule has 0 spiro atoms. The summed E-state index contributed by atoms with van der Waals surface area (Å²) in [7, 11) is 0. The molecule has 0 aliphatic carbocycles. The monoisotopic (exact) mass is 269 g/mol. The number of carbonyl (C=O) groups excluding carboxylic acids is 1. The molecule has 0 bridgehead atoms. The molecule has 0 radical (unpaired) electrons. The Hall–Kier alpha value is -1.94. The molecule has 2 heterocycles. The molecule has 104 valence electrons. The molecule has 1 fully saturated rings. The van der Waals surface area contributed by atoms with Crippen molar-refractivity contribution in [2.24, 2.45) is 5.92 Å². The van der Waals surface area contributed by atoms with Gasteiger partial charge in [0.05, 0.1) is 5.52 Å². The van der Waals surface area contributed by atoms with Crippen LogP contribution in [0.4, 0.5) is 0 Å². The van der Waals surface area contributed by atoms with E-state index in [1.54, 1.807) is 6.20 Å². The Balaban J connectivity index is 1.65. The molecular formula is C16H19N3O. The highest BCUT2D eigenvalue weighted by Gasteiger charge is 2.14. The molecule has 2 aromatic rings. The summed E-state index contributed by atoms with van der Waals surface area (Å²) in [5.74, 6) is 0.608. The van der Waals surface area contributed by atoms with E-state index in [0.717, 1.165) is 43.4 Å². The number of pyridine rings is 1. The topological polar surface area (TPSA) is 54.0 Å². The van der Waals surface area contributed by atoms with Gasteiger partial charge in [0.2, 0.25) is 0 Å². The summed E-state index contributed by atoms with van der Waals surface area (Å²) in [5, 5.41) is 7.38. The zero-order valence-corrected chi connectivity index (χ0v) is 11.4. The number of hydrogen-bond donors (Lipinski definition) is 2. The van der Waals surface area contributed by atoms with Gasteiger partial charge in [-0.3, -0.25) is 9.78 Å². The van der Waals surface area contributed by atoms with Gasteiger partial charge in [-0.15, -0.1) is 0 Å². The third kappa shape index (κ3) is 2.96. The number of nitrogens with one attached hydrogen (secondary N) is 2. The SMILES string of the molecule is O=C(NCC1CCNCC1)c1ccc2ncccc2c1. The molecule has 3 rings (SSSR count). The van der Waals surface area contributed by atoms with Crippen LogP contribution in [0.5, 0.6) is 0 Å². The van der Waals surface area contributed by atoms with Crippen LogP contribution in [-0.4, -0.2) is 30.5 Å². The van der Waals surface area contributed by atoms with E-state index in [2.05, 4.69) is 15.6 Å². The van der Waals surface area contributed by atoms with Crippen molar-refractivity contribution in [2.45, 2.75) is 12.8 Å². The van der Waals surface area contributed by atoms with Gasteiger partial charge in [-0.1, -0.05) is 6.07 Å². The van der Waals surface area contributed by atoms with Gasteiger partial charge in [-0.25, -0.2) is 0 Å². The van der Waals surface area contributed by atoms with Crippen LogP contribution < -0.4 is 10.6 Å². The van der Waals surface area contributed by atoms with Crippen LogP contribution in [-0.2, 0) is 0 Å². The smallest absolute Gasteiger partial charge is 0.251 e. The first-order valence-corrected chi connectivity index (χ1v) is 7.16. The number of fused-ring (bicyclic) bond motifs is 1. The van der Waals surface area contributed by atoms with Crippen molar-refractivity contribution < 1.29 is 4.79 Å². The summed E-state index contributed by atoms with van der Waals surface area (Å²) in [4.78, 5) is 16.4. The fourth-order valence-electron chi connectivity index (χ4n) is 2.64. The van der Waals surface area contributed by atoms with Crippen LogP contribution in [0.25, 0.3) is 10.9 Å². The predicted molar refractivity (Wildman–Crippen MR) is 79.7 cm³/mol. The van der Waals surface area contributed by atoms with Gasteiger partial charge in [-0.2, -0.15) is 0 Å². The van der Waals surface area contributed by atoms with Crippen molar-refractivity contribution in [3.05, 3.63) is 42.1 Å². The number of rotatable bonds is 3. The molecule has 0 atom stereocenters. The van der Waals surface area contributed by atoms with E-state index >= 15 is 0 Å². The average molecular weight is 269 g/mol. The van der Waals surface area contributed by atoms with E-state index in [1.807, 2.05) is 30.3 Å². The number of benzene rings is 1. The van der Waals surface area contributed by atoms with E-state index in [-0.39, 0.29) is 5.91 Å². The lowest BCUT2D eigenvalue weighted by atomic mass is 9.98. The molecule has 1 saturated heterocycles. The maximum Gasteiger partial charge on any atom is 0.251 e. The Morgan fingerprint density at radius 2 is 2.15 bits per heavy atom. The fraction of sp³-hybridized carbons (Fsp3) is 0.375. The van der Waals surface area contributed by atoms with Crippen molar-refractivity contribution in [2.75, 3.05) is 19.6 Å².